The van der Waals surface area contributed by atoms with Gasteiger partial charge in [-0.3, -0.25) is 4.79 Å². The Morgan fingerprint density at radius 2 is 1.77 bits per heavy atom. The van der Waals surface area contributed by atoms with Crippen molar-refractivity contribution in [2.75, 3.05) is 5.32 Å². The molecule has 0 saturated carbocycles. The number of rotatable bonds is 5. The lowest BCUT2D eigenvalue weighted by Gasteiger charge is -2.11. The molecule has 148 valence electrons. The largest absolute Gasteiger partial charge is 0.326 e. The number of aromatic nitrogens is 3. The number of hydrogen-bond donors (Lipinski definition) is 1. The lowest BCUT2D eigenvalue weighted by Crippen LogP contribution is -2.14. The lowest BCUT2D eigenvalue weighted by molar-refractivity contribution is -0.116. The summed E-state index contributed by atoms with van der Waals surface area (Å²) in [6.07, 6.45) is 2.41. The summed E-state index contributed by atoms with van der Waals surface area (Å²) in [6, 6.07) is 20.1. The minimum atomic E-state index is -0.0560. The van der Waals surface area contributed by atoms with Crippen LogP contribution in [0.25, 0.3) is 16.8 Å². The van der Waals surface area contributed by atoms with Gasteiger partial charge in [0.1, 0.15) is 11.6 Å². The molecule has 1 N–H and O–H groups in total. The first-order valence-corrected chi connectivity index (χ1v) is 9.76. The van der Waals surface area contributed by atoms with Gasteiger partial charge in [-0.1, -0.05) is 42.5 Å². The minimum Gasteiger partial charge on any atom is -0.326 e. The maximum atomic E-state index is 12.5. The first-order chi connectivity index (χ1) is 14.6. The highest BCUT2D eigenvalue weighted by atomic mass is 16.1. The van der Waals surface area contributed by atoms with Crippen molar-refractivity contribution in [1.29, 1.82) is 5.26 Å². The molecule has 6 nitrogen and oxygen atoms in total. The molecule has 6 heteroatoms. The normalized spacial score (nSPS) is 10.7. The van der Waals surface area contributed by atoms with E-state index in [2.05, 4.69) is 33.6 Å². The van der Waals surface area contributed by atoms with Gasteiger partial charge in [0.25, 0.3) is 0 Å². The highest BCUT2D eigenvalue weighted by molar-refractivity contribution is 5.91. The SMILES string of the molecule is Cc1nc2c(C#N)cnn2c(C)c1CCC(=O)Nc1ccc(-c2ccccc2)cc1. The van der Waals surface area contributed by atoms with Gasteiger partial charge in [0.2, 0.25) is 5.91 Å². The topological polar surface area (TPSA) is 83.1 Å². The Morgan fingerprint density at radius 1 is 1.07 bits per heavy atom. The molecule has 4 rings (SSSR count). The Labute approximate surface area is 174 Å². The fraction of sp³-hybridized carbons (Fsp3) is 0.167. The molecule has 0 aliphatic heterocycles. The number of carbonyl (C=O) groups is 1. The third-order valence-corrected chi connectivity index (χ3v) is 5.21. The van der Waals surface area contributed by atoms with Gasteiger partial charge in [-0.05, 0) is 49.1 Å². The van der Waals surface area contributed by atoms with Crippen LogP contribution in [-0.4, -0.2) is 20.5 Å². The van der Waals surface area contributed by atoms with Gasteiger partial charge in [-0.25, -0.2) is 9.50 Å². The van der Waals surface area contributed by atoms with Crippen LogP contribution in [0.15, 0.2) is 60.8 Å². The van der Waals surface area contributed by atoms with Crippen molar-refractivity contribution in [2.45, 2.75) is 26.7 Å². The molecule has 30 heavy (non-hydrogen) atoms. The summed E-state index contributed by atoms with van der Waals surface area (Å²) in [7, 11) is 0. The second-order valence-corrected chi connectivity index (χ2v) is 7.16. The standard InChI is InChI=1S/C24H21N5O/c1-16-22(17(2)29-24(27-16)20(14-25)15-26-29)12-13-23(30)28-21-10-8-19(9-11-21)18-6-4-3-5-7-18/h3-11,15H,12-13H2,1-2H3,(H,28,30). The third-order valence-electron chi connectivity index (χ3n) is 5.21. The van der Waals surface area contributed by atoms with E-state index in [-0.39, 0.29) is 5.91 Å². The van der Waals surface area contributed by atoms with Crippen LogP contribution >= 0.6 is 0 Å². The lowest BCUT2D eigenvalue weighted by atomic mass is 10.0. The van der Waals surface area contributed by atoms with Gasteiger partial charge < -0.3 is 5.32 Å². The summed E-state index contributed by atoms with van der Waals surface area (Å²) < 4.78 is 1.67. The smallest absolute Gasteiger partial charge is 0.224 e. The van der Waals surface area contributed by atoms with Crippen molar-refractivity contribution in [1.82, 2.24) is 14.6 Å². The molecule has 2 aromatic carbocycles. The van der Waals surface area contributed by atoms with Crippen LogP contribution in [-0.2, 0) is 11.2 Å². The predicted octanol–water partition coefficient (Wildman–Crippen LogP) is 4.46. The number of fused-ring (bicyclic) bond motifs is 1. The number of nitrogens with one attached hydrogen (secondary N) is 1. The van der Waals surface area contributed by atoms with E-state index in [4.69, 9.17) is 0 Å². The maximum Gasteiger partial charge on any atom is 0.224 e. The van der Waals surface area contributed by atoms with Gasteiger partial charge >= 0.3 is 0 Å². The molecule has 1 amide bonds. The van der Waals surface area contributed by atoms with Crippen molar-refractivity contribution in [2.24, 2.45) is 0 Å². The first kappa shape index (κ1) is 19.3. The van der Waals surface area contributed by atoms with E-state index in [1.165, 1.54) is 6.20 Å². The molecule has 2 heterocycles. The van der Waals surface area contributed by atoms with Crippen molar-refractivity contribution in [3.63, 3.8) is 0 Å². The molecule has 0 atom stereocenters. The number of aryl methyl sites for hydroxylation is 2. The van der Waals surface area contributed by atoms with Crippen LogP contribution in [0, 0.1) is 25.2 Å². The first-order valence-electron chi connectivity index (χ1n) is 9.76. The fourth-order valence-electron chi connectivity index (χ4n) is 3.59. The van der Waals surface area contributed by atoms with Crippen LogP contribution in [0.5, 0.6) is 0 Å². The Bertz CT molecular complexity index is 1250. The van der Waals surface area contributed by atoms with Crippen LogP contribution in [0.2, 0.25) is 0 Å². The Kier molecular flexibility index (Phi) is 5.27. The molecule has 0 bridgehead atoms. The summed E-state index contributed by atoms with van der Waals surface area (Å²) in [5, 5.41) is 16.4. The van der Waals surface area contributed by atoms with Crippen LogP contribution in [0.3, 0.4) is 0 Å². The Balaban J connectivity index is 1.43. The van der Waals surface area contributed by atoms with E-state index in [0.717, 1.165) is 33.8 Å². The maximum absolute atomic E-state index is 12.5. The summed E-state index contributed by atoms with van der Waals surface area (Å²) >= 11 is 0. The van der Waals surface area contributed by atoms with Crippen LogP contribution in [0.1, 0.15) is 28.9 Å². The summed E-state index contributed by atoms with van der Waals surface area (Å²) in [4.78, 5) is 17.0. The molecule has 0 unspecified atom stereocenters. The molecule has 0 radical (unpaired) electrons. The van der Waals surface area contributed by atoms with Gasteiger partial charge in [-0.15, -0.1) is 0 Å². The molecule has 0 aliphatic rings. The van der Waals surface area contributed by atoms with E-state index in [0.29, 0.717) is 24.1 Å². The van der Waals surface area contributed by atoms with E-state index >= 15 is 0 Å². The number of anilines is 1. The molecule has 0 aliphatic carbocycles. The minimum absolute atomic E-state index is 0.0560. The molecule has 0 saturated heterocycles. The quantitative estimate of drug-likeness (QED) is 0.541. The van der Waals surface area contributed by atoms with E-state index in [1.807, 2.05) is 56.3 Å². The number of hydrogen-bond acceptors (Lipinski definition) is 4. The summed E-state index contributed by atoms with van der Waals surface area (Å²) in [5.41, 5.74) is 6.72. The van der Waals surface area contributed by atoms with E-state index in [9.17, 15) is 10.1 Å². The number of nitrogens with zero attached hydrogens (tertiary/aromatic N) is 4. The fourth-order valence-corrected chi connectivity index (χ4v) is 3.59. The predicted molar refractivity (Wildman–Crippen MR) is 116 cm³/mol. The molecule has 4 aromatic rings. The van der Waals surface area contributed by atoms with Gasteiger partial charge in [0.15, 0.2) is 5.65 Å². The Hall–Kier alpha value is -3.98. The monoisotopic (exact) mass is 395 g/mol. The highest BCUT2D eigenvalue weighted by Crippen LogP contribution is 2.22. The number of carbonyl (C=O) groups excluding carboxylic acids is 1. The van der Waals surface area contributed by atoms with Crippen molar-refractivity contribution >= 4 is 17.2 Å². The van der Waals surface area contributed by atoms with Gasteiger partial charge in [0.05, 0.1) is 6.20 Å². The molecular formula is C24H21N5O. The molecule has 0 fully saturated rings. The summed E-state index contributed by atoms with van der Waals surface area (Å²) in [5.74, 6) is -0.0560. The van der Waals surface area contributed by atoms with Gasteiger partial charge in [-0.2, -0.15) is 10.4 Å². The van der Waals surface area contributed by atoms with Crippen molar-refractivity contribution < 1.29 is 4.79 Å². The summed E-state index contributed by atoms with van der Waals surface area (Å²) in [6.45, 7) is 3.84. The highest BCUT2D eigenvalue weighted by Gasteiger charge is 2.14. The molecular weight excluding hydrogens is 374 g/mol. The number of nitriles is 1. The van der Waals surface area contributed by atoms with E-state index < -0.39 is 0 Å². The average Bonchev–Trinajstić information content (AvgIpc) is 3.17. The third kappa shape index (κ3) is 3.78. The average molecular weight is 395 g/mol. The second kappa shape index (κ2) is 8.18. The van der Waals surface area contributed by atoms with Crippen LogP contribution < -0.4 is 5.32 Å². The number of amides is 1. The zero-order chi connectivity index (χ0) is 21.1. The zero-order valence-corrected chi connectivity index (χ0v) is 16.9. The van der Waals surface area contributed by atoms with E-state index in [1.54, 1.807) is 4.52 Å². The molecule has 2 aromatic heterocycles. The number of benzene rings is 2. The zero-order valence-electron chi connectivity index (χ0n) is 16.9. The van der Waals surface area contributed by atoms with Gasteiger partial charge in [0, 0.05) is 23.5 Å². The van der Waals surface area contributed by atoms with Crippen molar-refractivity contribution in [3.8, 4) is 17.2 Å². The van der Waals surface area contributed by atoms with Crippen molar-refractivity contribution in [3.05, 3.63) is 83.3 Å². The Morgan fingerprint density at radius 3 is 2.47 bits per heavy atom. The molecule has 0 spiro atoms. The van der Waals surface area contributed by atoms with Crippen LogP contribution in [0.4, 0.5) is 5.69 Å². The second-order valence-electron chi connectivity index (χ2n) is 7.16.